The second-order valence-corrected chi connectivity index (χ2v) is 9.04. The molecule has 0 amide bonds. The quantitative estimate of drug-likeness (QED) is 0.345. The van der Waals surface area contributed by atoms with Crippen molar-refractivity contribution in [1.29, 1.82) is 0 Å². The van der Waals surface area contributed by atoms with Crippen molar-refractivity contribution in [1.82, 2.24) is 19.1 Å². The van der Waals surface area contributed by atoms with Gasteiger partial charge in [-0.05, 0) is 78.9 Å². The van der Waals surface area contributed by atoms with Crippen LogP contribution in [-0.2, 0) is 0 Å². The van der Waals surface area contributed by atoms with Gasteiger partial charge in [-0.25, -0.2) is 28.3 Å². The maximum absolute atomic E-state index is 13.7. The Morgan fingerprint density at radius 1 is 0.889 bits per heavy atom. The van der Waals surface area contributed by atoms with E-state index in [-0.39, 0.29) is 11.5 Å². The van der Waals surface area contributed by atoms with Gasteiger partial charge in [0.05, 0.1) is 34.1 Å². The van der Waals surface area contributed by atoms with Crippen LogP contribution in [0, 0.1) is 5.82 Å². The molecule has 0 saturated carbocycles. The summed E-state index contributed by atoms with van der Waals surface area (Å²) in [5, 5.41) is 1.03. The smallest absolute Gasteiger partial charge is 0.341 e. The molecule has 0 spiro atoms. The van der Waals surface area contributed by atoms with Gasteiger partial charge < -0.3 is 4.74 Å². The molecule has 3 heterocycles. The number of hydrogen-bond donors (Lipinski definition) is 0. The Kier molecular flexibility index (Phi) is 5.19. The monoisotopic (exact) mass is 496 g/mol. The van der Waals surface area contributed by atoms with Crippen molar-refractivity contribution < 1.29 is 9.13 Å². The molecule has 0 fully saturated rings. The van der Waals surface area contributed by atoms with Crippen LogP contribution in [-0.4, -0.2) is 26.2 Å². The Balaban J connectivity index is 1.51. The molecule has 6 aromatic rings. The molecule has 0 radical (unpaired) electrons. The van der Waals surface area contributed by atoms with E-state index >= 15 is 0 Å². The molecule has 9 heteroatoms. The van der Waals surface area contributed by atoms with Gasteiger partial charge in [-0.2, -0.15) is 0 Å². The SMILES string of the molecule is COc1ccc(-n2c(=O)n(-c3ccc(-c4nc5ccc(F)cc5s4)cc3)c(=O)c3cccnc32)cc1. The van der Waals surface area contributed by atoms with Crippen LogP contribution >= 0.6 is 11.3 Å². The molecule has 0 unspecified atom stereocenters. The first-order valence-electron chi connectivity index (χ1n) is 11.0. The topological polar surface area (TPSA) is 79.0 Å². The average Bonchev–Trinajstić information content (AvgIpc) is 3.33. The Morgan fingerprint density at radius 3 is 2.36 bits per heavy atom. The minimum absolute atomic E-state index is 0.271. The Bertz CT molecular complexity index is 1870. The highest BCUT2D eigenvalue weighted by molar-refractivity contribution is 7.21. The lowest BCUT2D eigenvalue weighted by atomic mass is 10.2. The second-order valence-electron chi connectivity index (χ2n) is 8.01. The summed E-state index contributed by atoms with van der Waals surface area (Å²) >= 11 is 1.37. The van der Waals surface area contributed by atoms with E-state index in [9.17, 15) is 14.0 Å². The number of hydrogen-bond acceptors (Lipinski definition) is 6. The first kappa shape index (κ1) is 21.9. The molecular weight excluding hydrogens is 479 g/mol. The van der Waals surface area contributed by atoms with Crippen LogP contribution in [0.4, 0.5) is 4.39 Å². The van der Waals surface area contributed by atoms with Crippen LogP contribution in [0.1, 0.15) is 0 Å². The van der Waals surface area contributed by atoms with Crippen LogP contribution < -0.4 is 16.0 Å². The lowest BCUT2D eigenvalue weighted by Crippen LogP contribution is -2.38. The fraction of sp³-hybridized carbons (Fsp3) is 0.0370. The molecule has 176 valence electrons. The number of methoxy groups -OCH3 is 1. The van der Waals surface area contributed by atoms with Crippen molar-refractivity contribution in [3.05, 3.63) is 112 Å². The van der Waals surface area contributed by atoms with Crippen LogP contribution in [0.2, 0.25) is 0 Å². The summed E-state index contributed by atoms with van der Waals surface area (Å²) in [6.45, 7) is 0. The molecule has 6 rings (SSSR count). The van der Waals surface area contributed by atoms with Crippen molar-refractivity contribution >= 4 is 32.6 Å². The number of ether oxygens (including phenoxy) is 1. The predicted molar refractivity (Wildman–Crippen MR) is 138 cm³/mol. The van der Waals surface area contributed by atoms with Gasteiger partial charge in [-0.15, -0.1) is 11.3 Å². The van der Waals surface area contributed by atoms with Crippen molar-refractivity contribution in [2.24, 2.45) is 0 Å². The normalized spacial score (nSPS) is 11.3. The first-order valence-corrected chi connectivity index (χ1v) is 11.8. The summed E-state index contributed by atoms with van der Waals surface area (Å²) < 4.78 is 22.1. The third-order valence-electron chi connectivity index (χ3n) is 5.87. The highest BCUT2D eigenvalue weighted by Crippen LogP contribution is 2.31. The van der Waals surface area contributed by atoms with Crippen LogP contribution in [0.25, 0.3) is 43.2 Å². The Morgan fingerprint density at radius 2 is 1.61 bits per heavy atom. The predicted octanol–water partition coefficient (Wildman–Crippen LogP) is 4.96. The summed E-state index contributed by atoms with van der Waals surface area (Å²) in [5.74, 6) is 0.330. The number of halogens is 1. The molecule has 0 aliphatic rings. The molecule has 0 N–H and O–H groups in total. The van der Waals surface area contributed by atoms with Gasteiger partial charge in [0, 0.05) is 11.8 Å². The molecule has 3 aromatic heterocycles. The standard InChI is InChI=1S/C27H17FN4O3S/c1-35-20-11-9-18(10-12-20)31-24-21(3-2-14-29-24)26(33)32(27(31)34)19-7-4-16(5-8-19)25-30-22-13-6-17(28)15-23(22)36-25/h2-15H,1H3. The number of aromatic nitrogens is 4. The second kappa shape index (κ2) is 8.54. The van der Waals surface area contributed by atoms with E-state index in [1.54, 1.807) is 80.0 Å². The highest BCUT2D eigenvalue weighted by atomic mass is 32.1. The minimum Gasteiger partial charge on any atom is -0.497 e. The van der Waals surface area contributed by atoms with Gasteiger partial charge in [0.1, 0.15) is 16.6 Å². The molecule has 0 saturated heterocycles. The van der Waals surface area contributed by atoms with E-state index < -0.39 is 11.2 Å². The number of nitrogens with zero attached hydrogens (tertiary/aromatic N) is 4. The fourth-order valence-corrected chi connectivity index (χ4v) is 5.10. The number of fused-ring (bicyclic) bond motifs is 2. The minimum atomic E-state index is -0.542. The zero-order valence-electron chi connectivity index (χ0n) is 18.9. The number of benzene rings is 3. The number of thiazole rings is 1. The van der Waals surface area contributed by atoms with Crippen molar-refractivity contribution in [3.8, 4) is 27.7 Å². The zero-order chi connectivity index (χ0) is 24.8. The van der Waals surface area contributed by atoms with E-state index in [0.29, 0.717) is 33.0 Å². The van der Waals surface area contributed by atoms with Gasteiger partial charge in [0.25, 0.3) is 5.56 Å². The van der Waals surface area contributed by atoms with Crippen molar-refractivity contribution in [2.75, 3.05) is 7.11 Å². The van der Waals surface area contributed by atoms with Crippen molar-refractivity contribution in [3.63, 3.8) is 0 Å². The molecule has 0 bridgehead atoms. The van der Waals surface area contributed by atoms with Gasteiger partial charge >= 0.3 is 5.69 Å². The highest BCUT2D eigenvalue weighted by Gasteiger charge is 2.17. The van der Waals surface area contributed by atoms with Gasteiger partial charge in [-0.3, -0.25) is 4.79 Å². The lowest BCUT2D eigenvalue weighted by molar-refractivity contribution is 0.414. The van der Waals surface area contributed by atoms with Crippen molar-refractivity contribution in [2.45, 2.75) is 0 Å². The summed E-state index contributed by atoms with van der Waals surface area (Å²) in [4.78, 5) is 35.9. The van der Waals surface area contributed by atoms with E-state index in [2.05, 4.69) is 9.97 Å². The molecule has 0 atom stereocenters. The number of pyridine rings is 1. The summed E-state index contributed by atoms with van der Waals surface area (Å²) in [6.07, 6.45) is 1.55. The van der Waals surface area contributed by atoms with E-state index in [4.69, 9.17) is 4.74 Å². The van der Waals surface area contributed by atoms with E-state index in [0.717, 1.165) is 14.8 Å². The first-order chi connectivity index (χ1) is 17.5. The zero-order valence-corrected chi connectivity index (χ0v) is 19.7. The summed E-state index contributed by atoms with van der Waals surface area (Å²) in [5.41, 5.74) is 1.74. The molecule has 7 nitrogen and oxygen atoms in total. The average molecular weight is 497 g/mol. The van der Waals surface area contributed by atoms with E-state index in [1.807, 2.05) is 0 Å². The lowest BCUT2D eigenvalue weighted by Gasteiger charge is -2.14. The van der Waals surface area contributed by atoms with Gasteiger partial charge in [0.2, 0.25) is 0 Å². The van der Waals surface area contributed by atoms with Crippen LogP contribution in [0.15, 0.2) is 94.6 Å². The summed E-state index contributed by atoms with van der Waals surface area (Å²) in [6, 6.07) is 21.7. The van der Waals surface area contributed by atoms with E-state index in [1.165, 1.54) is 28.0 Å². The fourth-order valence-electron chi connectivity index (χ4n) is 4.11. The Labute approximate surface area is 207 Å². The third-order valence-corrected chi connectivity index (χ3v) is 6.94. The maximum atomic E-state index is 13.7. The Hall–Kier alpha value is -4.63. The molecule has 3 aromatic carbocycles. The molecule has 36 heavy (non-hydrogen) atoms. The van der Waals surface area contributed by atoms with Gasteiger partial charge in [0.15, 0.2) is 5.65 Å². The third kappa shape index (κ3) is 3.57. The molecule has 0 aliphatic carbocycles. The number of rotatable bonds is 4. The largest absolute Gasteiger partial charge is 0.497 e. The molecular formula is C27H17FN4O3S. The van der Waals surface area contributed by atoms with Gasteiger partial charge in [-0.1, -0.05) is 0 Å². The van der Waals surface area contributed by atoms with Crippen LogP contribution in [0.3, 0.4) is 0 Å². The maximum Gasteiger partial charge on any atom is 0.341 e. The summed E-state index contributed by atoms with van der Waals surface area (Å²) in [7, 11) is 1.56. The van der Waals surface area contributed by atoms with Crippen LogP contribution in [0.5, 0.6) is 5.75 Å². The molecule has 0 aliphatic heterocycles.